The molecule has 9 heteroatoms. The number of carbonyl (C=O) groups excluding carboxylic acids is 2. The molecule has 0 bridgehead atoms. The van der Waals surface area contributed by atoms with Gasteiger partial charge in [0.05, 0.1) is 6.21 Å². The van der Waals surface area contributed by atoms with Crippen LogP contribution < -0.4 is 10.6 Å². The molecule has 1 atom stereocenters. The molecule has 1 aromatic heterocycles. The number of halogens is 1. The molecule has 0 saturated carbocycles. The predicted octanol–water partition coefficient (Wildman–Crippen LogP) is 4.55. The summed E-state index contributed by atoms with van der Waals surface area (Å²) in [6.07, 6.45) is 1.48. The van der Waals surface area contributed by atoms with Crippen molar-refractivity contribution in [2.45, 2.75) is 11.7 Å². The van der Waals surface area contributed by atoms with Crippen LogP contribution in [-0.4, -0.2) is 28.4 Å². The highest BCUT2D eigenvalue weighted by Crippen LogP contribution is 2.24. The first kappa shape index (κ1) is 20.9. The summed E-state index contributed by atoms with van der Waals surface area (Å²) in [6.45, 7) is 0. The molecule has 2 aromatic carbocycles. The highest BCUT2D eigenvalue weighted by atomic mass is 35.5. The molecule has 0 aliphatic carbocycles. The van der Waals surface area contributed by atoms with Crippen molar-refractivity contribution in [3.63, 3.8) is 0 Å². The second-order valence-electron chi connectivity index (χ2n) is 6.57. The molecule has 1 saturated heterocycles. The Balaban J connectivity index is 1.32. The quantitative estimate of drug-likeness (QED) is 0.423. The largest absolute Gasteiger partial charge is 0.455 e. The summed E-state index contributed by atoms with van der Waals surface area (Å²) in [7, 11) is 0. The van der Waals surface area contributed by atoms with E-state index in [2.05, 4.69) is 20.8 Å². The number of benzene rings is 2. The number of amides is 2. The maximum absolute atomic E-state index is 12.2. The standard InChI is InChI=1S/C22H17ClN4O3S/c23-15-6-8-16(9-7-15)25-20(28)12-19-21(29)26-22(31-19)27-24-13-17-10-11-18(30-17)14-4-2-1-3-5-14/h1-11,13,19H,12H2,(H,25,28)(H,26,27,29)/b24-13+. The van der Waals surface area contributed by atoms with Crippen molar-refractivity contribution in [3.8, 4) is 11.3 Å². The molecule has 1 fully saturated rings. The van der Waals surface area contributed by atoms with Gasteiger partial charge in [0.1, 0.15) is 16.8 Å². The molecule has 156 valence electrons. The smallest absolute Gasteiger partial charge is 0.240 e. The minimum absolute atomic E-state index is 0.0144. The number of anilines is 1. The Morgan fingerprint density at radius 3 is 2.68 bits per heavy atom. The Morgan fingerprint density at radius 2 is 1.90 bits per heavy atom. The van der Waals surface area contributed by atoms with Crippen LogP contribution in [0.2, 0.25) is 5.02 Å². The first-order valence-corrected chi connectivity index (χ1v) is 10.6. The summed E-state index contributed by atoms with van der Waals surface area (Å²) < 4.78 is 5.72. The van der Waals surface area contributed by atoms with Crippen molar-refractivity contribution in [1.82, 2.24) is 5.32 Å². The van der Waals surface area contributed by atoms with Crippen LogP contribution in [0.25, 0.3) is 11.3 Å². The first-order chi connectivity index (χ1) is 15.1. The summed E-state index contributed by atoms with van der Waals surface area (Å²) in [4.78, 5) is 24.3. The van der Waals surface area contributed by atoms with Crippen molar-refractivity contribution in [2.75, 3.05) is 5.32 Å². The minimum atomic E-state index is -0.574. The molecule has 2 N–H and O–H groups in total. The molecule has 31 heavy (non-hydrogen) atoms. The highest BCUT2D eigenvalue weighted by Gasteiger charge is 2.32. The number of nitrogens with one attached hydrogen (secondary N) is 2. The van der Waals surface area contributed by atoms with Crippen molar-refractivity contribution in [2.24, 2.45) is 10.2 Å². The molecule has 1 aliphatic heterocycles. The van der Waals surface area contributed by atoms with Gasteiger partial charge in [-0.15, -0.1) is 5.10 Å². The molecular formula is C22H17ClN4O3S. The van der Waals surface area contributed by atoms with Gasteiger partial charge in [0.25, 0.3) is 0 Å². The van der Waals surface area contributed by atoms with Crippen LogP contribution in [0.1, 0.15) is 12.2 Å². The third-order valence-electron chi connectivity index (χ3n) is 4.29. The Hall–Kier alpha value is -3.36. The first-order valence-electron chi connectivity index (χ1n) is 9.36. The van der Waals surface area contributed by atoms with E-state index in [1.807, 2.05) is 36.4 Å². The van der Waals surface area contributed by atoms with Gasteiger partial charge in [-0.2, -0.15) is 5.10 Å². The zero-order valence-corrected chi connectivity index (χ0v) is 17.7. The Kier molecular flexibility index (Phi) is 6.49. The van der Waals surface area contributed by atoms with Gasteiger partial charge in [-0.25, -0.2) is 0 Å². The molecule has 0 radical (unpaired) electrons. The van der Waals surface area contributed by atoms with Crippen LogP contribution in [0.3, 0.4) is 0 Å². The van der Waals surface area contributed by atoms with E-state index in [1.165, 1.54) is 6.21 Å². The monoisotopic (exact) mass is 452 g/mol. The zero-order chi connectivity index (χ0) is 21.6. The Bertz CT molecular complexity index is 1140. The van der Waals surface area contributed by atoms with Gasteiger partial charge in [0.15, 0.2) is 5.17 Å². The van der Waals surface area contributed by atoms with Gasteiger partial charge in [0.2, 0.25) is 11.8 Å². The Labute approximate surface area is 187 Å². The molecule has 3 aromatic rings. The van der Waals surface area contributed by atoms with E-state index in [1.54, 1.807) is 30.3 Å². The molecule has 1 unspecified atom stereocenters. The van der Waals surface area contributed by atoms with Crippen LogP contribution in [0.5, 0.6) is 0 Å². The fourth-order valence-electron chi connectivity index (χ4n) is 2.82. The number of rotatable bonds is 6. The lowest BCUT2D eigenvalue weighted by molar-refractivity contribution is -0.122. The highest BCUT2D eigenvalue weighted by molar-refractivity contribution is 8.15. The lowest BCUT2D eigenvalue weighted by Gasteiger charge is -2.07. The third kappa shape index (κ3) is 5.62. The molecular weight excluding hydrogens is 436 g/mol. The SMILES string of the molecule is O=C(CC1S/C(=N\N=C\c2ccc(-c3ccccc3)o2)NC1=O)Nc1ccc(Cl)cc1. The molecule has 0 spiro atoms. The van der Waals surface area contributed by atoms with Gasteiger partial charge in [-0.3, -0.25) is 9.59 Å². The summed E-state index contributed by atoms with van der Waals surface area (Å²) in [5.74, 6) is 0.708. The number of nitrogens with zero attached hydrogens (tertiary/aromatic N) is 2. The van der Waals surface area contributed by atoms with Crippen LogP contribution in [-0.2, 0) is 9.59 Å². The Morgan fingerprint density at radius 1 is 1.13 bits per heavy atom. The summed E-state index contributed by atoms with van der Waals surface area (Å²) in [5, 5.41) is 13.7. The van der Waals surface area contributed by atoms with Gasteiger partial charge in [-0.1, -0.05) is 53.7 Å². The van der Waals surface area contributed by atoms with E-state index in [4.69, 9.17) is 16.0 Å². The molecule has 4 rings (SSSR count). The lowest BCUT2D eigenvalue weighted by atomic mass is 10.2. The zero-order valence-electron chi connectivity index (χ0n) is 16.1. The second-order valence-corrected chi connectivity index (χ2v) is 8.20. The van der Waals surface area contributed by atoms with Crippen LogP contribution >= 0.6 is 23.4 Å². The van der Waals surface area contributed by atoms with E-state index in [-0.39, 0.29) is 18.2 Å². The van der Waals surface area contributed by atoms with Crippen LogP contribution in [0, 0.1) is 0 Å². The maximum Gasteiger partial charge on any atom is 0.240 e. The van der Waals surface area contributed by atoms with Gasteiger partial charge in [-0.05, 0) is 36.4 Å². The van der Waals surface area contributed by atoms with E-state index in [0.717, 1.165) is 23.1 Å². The van der Waals surface area contributed by atoms with Crippen LogP contribution in [0.15, 0.2) is 81.4 Å². The normalized spacial score (nSPS) is 17.3. The second kappa shape index (κ2) is 9.63. The molecule has 7 nitrogen and oxygen atoms in total. The lowest BCUT2D eigenvalue weighted by Crippen LogP contribution is -2.28. The number of hydrogen-bond acceptors (Lipinski definition) is 6. The predicted molar refractivity (Wildman–Crippen MR) is 123 cm³/mol. The fourth-order valence-corrected chi connectivity index (χ4v) is 3.87. The molecule has 1 aliphatic rings. The maximum atomic E-state index is 12.2. The van der Waals surface area contributed by atoms with Gasteiger partial charge >= 0.3 is 0 Å². The van der Waals surface area contributed by atoms with Crippen molar-refractivity contribution in [3.05, 3.63) is 77.5 Å². The third-order valence-corrected chi connectivity index (χ3v) is 5.62. The average Bonchev–Trinajstić information content (AvgIpc) is 3.37. The number of amidine groups is 1. The number of furan rings is 1. The molecule has 2 amide bonds. The number of hydrogen-bond donors (Lipinski definition) is 2. The minimum Gasteiger partial charge on any atom is -0.455 e. The summed E-state index contributed by atoms with van der Waals surface area (Å²) in [5.41, 5.74) is 1.58. The van der Waals surface area contributed by atoms with E-state index in [9.17, 15) is 9.59 Å². The average molecular weight is 453 g/mol. The summed E-state index contributed by atoms with van der Waals surface area (Å²) >= 11 is 6.99. The van der Waals surface area contributed by atoms with Gasteiger partial charge < -0.3 is 15.1 Å². The summed E-state index contributed by atoms with van der Waals surface area (Å²) in [6, 6.07) is 20.1. The van der Waals surface area contributed by atoms with Crippen molar-refractivity contribution < 1.29 is 14.0 Å². The van der Waals surface area contributed by atoms with E-state index >= 15 is 0 Å². The van der Waals surface area contributed by atoms with Crippen molar-refractivity contribution in [1.29, 1.82) is 0 Å². The number of carbonyl (C=O) groups is 2. The fraction of sp³-hybridized carbons (Fsp3) is 0.0909. The van der Waals surface area contributed by atoms with Crippen LogP contribution in [0.4, 0.5) is 5.69 Å². The number of thioether (sulfide) groups is 1. The van der Waals surface area contributed by atoms with Crippen molar-refractivity contribution >= 4 is 52.2 Å². The van der Waals surface area contributed by atoms with Gasteiger partial charge in [0, 0.05) is 22.7 Å². The van der Waals surface area contributed by atoms with E-state index in [0.29, 0.717) is 21.6 Å². The van der Waals surface area contributed by atoms with E-state index < -0.39 is 5.25 Å². The topological polar surface area (TPSA) is 96.1 Å². The molecule has 2 heterocycles.